The monoisotopic (exact) mass is 271 g/mol. The molecule has 0 saturated heterocycles. The van der Waals surface area contributed by atoms with Crippen LogP contribution >= 0.6 is 0 Å². The van der Waals surface area contributed by atoms with Crippen molar-refractivity contribution < 1.29 is 9.53 Å². The molecule has 2 aromatic rings. The van der Waals surface area contributed by atoms with Crippen LogP contribution in [0.15, 0.2) is 41.2 Å². The number of methoxy groups -OCH3 is 1. The maximum Gasteiger partial charge on any atom is 0.261 e. The highest BCUT2D eigenvalue weighted by molar-refractivity contribution is 5.75. The van der Waals surface area contributed by atoms with Crippen molar-refractivity contribution in [3.05, 3.63) is 57.9 Å². The molecule has 1 aromatic carbocycles. The number of nitrogens with zero attached hydrogens (tertiary/aromatic N) is 1. The van der Waals surface area contributed by atoms with Crippen molar-refractivity contribution in [3.8, 4) is 11.3 Å². The molecule has 0 aliphatic heterocycles. The molecule has 0 aliphatic carbocycles. The van der Waals surface area contributed by atoms with Gasteiger partial charge in [-0.2, -0.15) is 0 Å². The first-order valence-electron chi connectivity index (χ1n) is 6.42. The Morgan fingerprint density at radius 2 is 1.85 bits per heavy atom. The van der Waals surface area contributed by atoms with Crippen LogP contribution in [0.1, 0.15) is 15.9 Å². The summed E-state index contributed by atoms with van der Waals surface area (Å²) >= 11 is 0. The Labute approximate surface area is 117 Å². The Kier molecular flexibility index (Phi) is 4.48. The van der Waals surface area contributed by atoms with E-state index in [0.29, 0.717) is 19.4 Å². The summed E-state index contributed by atoms with van der Waals surface area (Å²) in [5, 5.41) is 0. The molecule has 1 aromatic heterocycles. The van der Waals surface area contributed by atoms with Gasteiger partial charge in [0.05, 0.1) is 17.9 Å². The highest BCUT2D eigenvalue weighted by Gasteiger charge is 2.09. The van der Waals surface area contributed by atoms with Crippen molar-refractivity contribution >= 4 is 6.29 Å². The Balaban J connectivity index is 2.56. The molecular formula is C16H17NO3. The van der Waals surface area contributed by atoms with Crippen LogP contribution in [0.4, 0.5) is 0 Å². The standard InChI is InChI=1S/C16H17NO3/c1-12-3-5-13(6-4-12)15-8-7-14(11-18)16(19)17(15)9-10-20-2/h3-8,11H,9-10H2,1-2H3. The molecule has 4 nitrogen and oxygen atoms in total. The number of aryl methyl sites for hydroxylation is 1. The number of ether oxygens (including phenoxy) is 1. The van der Waals surface area contributed by atoms with E-state index in [1.165, 1.54) is 0 Å². The molecule has 0 amide bonds. The van der Waals surface area contributed by atoms with E-state index in [-0.39, 0.29) is 11.1 Å². The van der Waals surface area contributed by atoms with Gasteiger partial charge in [-0.05, 0) is 24.6 Å². The lowest BCUT2D eigenvalue weighted by Crippen LogP contribution is -2.26. The van der Waals surface area contributed by atoms with Crippen molar-refractivity contribution in [1.82, 2.24) is 4.57 Å². The number of hydrogen-bond acceptors (Lipinski definition) is 3. The first-order chi connectivity index (χ1) is 9.67. The molecule has 1 heterocycles. The predicted molar refractivity (Wildman–Crippen MR) is 78.1 cm³/mol. The summed E-state index contributed by atoms with van der Waals surface area (Å²) in [6.45, 7) is 2.85. The summed E-state index contributed by atoms with van der Waals surface area (Å²) in [6.07, 6.45) is 0.588. The summed E-state index contributed by atoms with van der Waals surface area (Å²) in [7, 11) is 1.58. The normalized spacial score (nSPS) is 10.5. The zero-order valence-corrected chi connectivity index (χ0v) is 11.6. The fourth-order valence-electron chi connectivity index (χ4n) is 2.07. The number of benzene rings is 1. The number of pyridine rings is 1. The van der Waals surface area contributed by atoms with Gasteiger partial charge in [0.1, 0.15) is 0 Å². The fraction of sp³-hybridized carbons (Fsp3) is 0.250. The van der Waals surface area contributed by atoms with Crippen LogP contribution in [-0.4, -0.2) is 24.6 Å². The molecule has 0 spiro atoms. The molecule has 0 saturated carbocycles. The second-order valence-electron chi connectivity index (χ2n) is 4.61. The third-order valence-electron chi connectivity index (χ3n) is 3.20. The lowest BCUT2D eigenvalue weighted by atomic mass is 10.1. The molecule has 2 rings (SSSR count). The van der Waals surface area contributed by atoms with Gasteiger partial charge in [-0.3, -0.25) is 9.59 Å². The quantitative estimate of drug-likeness (QED) is 0.784. The molecule has 0 unspecified atom stereocenters. The zero-order chi connectivity index (χ0) is 14.5. The third kappa shape index (κ3) is 2.86. The van der Waals surface area contributed by atoms with Gasteiger partial charge in [0, 0.05) is 13.7 Å². The van der Waals surface area contributed by atoms with Gasteiger partial charge < -0.3 is 9.30 Å². The summed E-state index contributed by atoms with van der Waals surface area (Å²) in [5.74, 6) is 0. The van der Waals surface area contributed by atoms with E-state index >= 15 is 0 Å². The van der Waals surface area contributed by atoms with Crippen molar-refractivity contribution in [2.75, 3.05) is 13.7 Å². The van der Waals surface area contributed by atoms with Gasteiger partial charge in [-0.1, -0.05) is 29.8 Å². The molecule has 0 radical (unpaired) electrons. The van der Waals surface area contributed by atoms with E-state index in [9.17, 15) is 9.59 Å². The summed E-state index contributed by atoms with van der Waals surface area (Å²) in [6, 6.07) is 11.3. The van der Waals surface area contributed by atoms with E-state index < -0.39 is 0 Å². The molecule has 20 heavy (non-hydrogen) atoms. The lowest BCUT2D eigenvalue weighted by molar-refractivity contribution is 0.112. The van der Waals surface area contributed by atoms with Crippen molar-refractivity contribution in [2.24, 2.45) is 0 Å². The van der Waals surface area contributed by atoms with Crippen molar-refractivity contribution in [2.45, 2.75) is 13.5 Å². The van der Waals surface area contributed by atoms with E-state index in [0.717, 1.165) is 16.8 Å². The average Bonchev–Trinajstić information content (AvgIpc) is 2.47. The second kappa shape index (κ2) is 6.30. The third-order valence-corrected chi connectivity index (χ3v) is 3.20. The van der Waals surface area contributed by atoms with Crippen LogP contribution in [0.5, 0.6) is 0 Å². The molecule has 0 aliphatic rings. The predicted octanol–water partition coefficient (Wildman–Crippen LogP) is 2.28. The number of carbonyl (C=O) groups excluding carboxylic acids is 1. The average molecular weight is 271 g/mol. The Morgan fingerprint density at radius 1 is 1.15 bits per heavy atom. The molecule has 104 valence electrons. The van der Waals surface area contributed by atoms with E-state index in [2.05, 4.69) is 0 Å². The number of rotatable bonds is 5. The highest BCUT2D eigenvalue weighted by atomic mass is 16.5. The smallest absolute Gasteiger partial charge is 0.261 e. The van der Waals surface area contributed by atoms with E-state index in [1.807, 2.05) is 31.2 Å². The summed E-state index contributed by atoms with van der Waals surface area (Å²) < 4.78 is 6.62. The number of aldehydes is 1. The lowest BCUT2D eigenvalue weighted by Gasteiger charge is -2.13. The Morgan fingerprint density at radius 3 is 2.45 bits per heavy atom. The molecule has 0 atom stereocenters. The van der Waals surface area contributed by atoms with Crippen molar-refractivity contribution in [1.29, 1.82) is 0 Å². The molecule has 0 N–H and O–H groups in total. The fourth-order valence-corrected chi connectivity index (χ4v) is 2.07. The highest BCUT2D eigenvalue weighted by Crippen LogP contribution is 2.18. The van der Waals surface area contributed by atoms with Gasteiger partial charge in [-0.15, -0.1) is 0 Å². The van der Waals surface area contributed by atoms with Gasteiger partial charge >= 0.3 is 0 Å². The Bertz CT molecular complexity index is 656. The number of aromatic nitrogens is 1. The van der Waals surface area contributed by atoms with Crippen LogP contribution in [0.3, 0.4) is 0 Å². The van der Waals surface area contributed by atoms with E-state index in [1.54, 1.807) is 23.8 Å². The van der Waals surface area contributed by atoms with Gasteiger partial charge in [0.15, 0.2) is 6.29 Å². The molecular weight excluding hydrogens is 254 g/mol. The van der Waals surface area contributed by atoms with Crippen LogP contribution in [-0.2, 0) is 11.3 Å². The summed E-state index contributed by atoms with van der Waals surface area (Å²) in [4.78, 5) is 23.1. The summed E-state index contributed by atoms with van der Waals surface area (Å²) in [5.41, 5.74) is 2.77. The first-order valence-corrected chi connectivity index (χ1v) is 6.42. The number of hydrogen-bond donors (Lipinski definition) is 0. The number of carbonyl (C=O) groups is 1. The molecule has 4 heteroatoms. The SMILES string of the molecule is COCCn1c(-c2ccc(C)cc2)ccc(C=O)c1=O. The van der Waals surface area contributed by atoms with Gasteiger partial charge in [0.25, 0.3) is 5.56 Å². The minimum Gasteiger partial charge on any atom is -0.383 e. The second-order valence-corrected chi connectivity index (χ2v) is 4.61. The van der Waals surface area contributed by atoms with Crippen molar-refractivity contribution in [3.63, 3.8) is 0 Å². The minimum atomic E-state index is -0.282. The van der Waals surface area contributed by atoms with Gasteiger partial charge in [-0.25, -0.2) is 0 Å². The maximum absolute atomic E-state index is 12.2. The van der Waals surface area contributed by atoms with Gasteiger partial charge in [0.2, 0.25) is 0 Å². The van der Waals surface area contributed by atoms with Crippen LogP contribution in [0.25, 0.3) is 11.3 Å². The Hall–Kier alpha value is -2.20. The van der Waals surface area contributed by atoms with E-state index in [4.69, 9.17) is 4.74 Å². The van der Waals surface area contributed by atoms with Crippen LogP contribution in [0, 0.1) is 6.92 Å². The van der Waals surface area contributed by atoms with Crippen LogP contribution < -0.4 is 5.56 Å². The van der Waals surface area contributed by atoms with Crippen LogP contribution in [0.2, 0.25) is 0 Å². The maximum atomic E-state index is 12.2. The largest absolute Gasteiger partial charge is 0.383 e. The molecule has 0 fully saturated rings. The minimum absolute atomic E-state index is 0.164. The topological polar surface area (TPSA) is 48.3 Å². The molecule has 0 bridgehead atoms. The zero-order valence-electron chi connectivity index (χ0n) is 11.6. The first kappa shape index (κ1) is 14.2.